The summed E-state index contributed by atoms with van der Waals surface area (Å²) in [7, 11) is 4.01. The second kappa shape index (κ2) is 19.4. The zero-order chi connectivity index (χ0) is 50.7. The molecule has 70 heavy (non-hydrogen) atoms. The average Bonchev–Trinajstić information content (AvgIpc) is 3.78. The Hall–Kier alpha value is -5.82. The number of rotatable bonds is 15. The molecule has 0 radical (unpaired) electrons. The molecule has 0 bridgehead atoms. The third-order valence-corrected chi connectivity index (χ3v) is 17.5. The van der Waals surface area contributed by atoms with E-state index in [-0.39, 0.29) is 0 Å². The molecule has 0 spiro atoms. The van der Waals surface area contributed by atoms with Crippen molar-refractivity contribution in [3.8, 4) is 68.6 Å². The Morgan fingerprint density at radius 3 is 0.814 bits per heavy atom. The highest BCUT2D eigenvalue weighted by atomic mass is 31.1. The van der Waals surface area contributed by atoms with Crippen molar-refractivity contribution in [2.75, 3.05) is 41.7 Å². The zero-order valence-corrected chi connectivity index (χ0v) is 46.0. The molecule has 0 amide bonds. The van der Waals surface area contributed by atoms with Gasteiger partial charge >= 0.3 is 0 Å². The van der Waals surface area contributed by atoms with Gasteiger partial charge in [-0.05, 0) is 211 Å². The molecule has 0 unspecified atom stereocenters. The molecule has 0 atom stereocenters. The first-order valence-electron chi connectivity index (χ1n) is 23.8. The molecule has 6 aromatic carbocycles. The Bertz CT molecular complexity index is 2610. The van der Waals surface area contributed by atoms with Crippen LogP contribution in [0, 0.1) is 55.4 Å². The summed E-state index contributed by atoms with van der Waals surface area (Å²) < 4.78 is 65.2. The number of fused-ring (bicyclic) bond motifs is 2. The Morgan fingerprint density at radius 1 is 0.371 bits per heavy atom. The first-order chi connectivity index (χ1) is 33.2. The molecule has 2 heterocycles. The van der Waals surface area contributed by atoms with Gasteiger partial charge in [0.25, 0.3) is 0 Å². The minimum absolute atomic E-state index is 0.404. The van der Waals surface area contributed by atoms with Crippen molar-refractivity contribution in [2.24, 2.45) is 0 Å². The van der Waals surface area contributed by atoms with Gasteiger partial charge in [0, 0.05) is 49.4 Å². The van der Waals surface area contributed by atoms with Crippen molar-refractivity contribution in [3.63, 3.8) is 0 Å². The van der Waals surface area contributed by atoms with Crippen LogP contribution in [-0.4, -0.2) is 53.2 Å². The van der Waals surface area contributed by atoms with Crippen molar-refractivity contribution in [3.05, 3.63) is 105 Å². The lowest BCUT2D eigenvalue weighted by atomic mass is 10.0. The average molecular weight is 987 g/mol. The minimum atomic E-state index is -1.45. The van der Waals surface area contributed by atoms with E-state index in [1.807, 2.05) is 41.5 Å². The van der Waals surface area contributed by atoms with E-state index in [4.69, 9.17) is 47.4 Å². The predicted octanol–water partition coefficient (Wildman–Crippen LogP) is 11.2. The van der Waals surface area contributed by atoms with Gasteiger partial charge in [-0.25, -0.2) is 0 Å². The quantitative estimate of drug-likeness (QED) is 0.0926. The number of methoxy groups -OCH3 is 4. The van der Waals surface area contributed by atoms with E-state index in [2.05, 4.69) is 116 Å². The van der Waals surface area contributed by atoms with E-state index < -0.39 is 27.4 Å². The highest BCUT2D eigenvalue weighted by Gasteiger charge is 2.46. The summed E-state index contributed by atoms with van der Waals surface area (Å²) in [5.74, 6) is 4.62. The van der Waals surface area contributed by atoms with Crippen LogP contribution in [0.2, 0.25) is 0 Å². The van der Waals surface area contributed by atoms with Crippen molar-refractivity contribution in [2.45, 2.75) is 109 Å². The molecule has 12 heteroatoms. The van der Waals surface area contributed by atoms with Crippen molar-refractivity contribution in [1.29, 1.82) is 0 Å². The van der Waals surface area contributed by atoms with Crippen molar-refractivity contribution >= 4 is 47.7 Å². The summed E-state index contributed by atoms with van der Waals surface area (Å²) in [5, 5.41) is 6.41. The molecule has 0 fully saturated rings. The predicted molar refractivity (Wildman–Crippen MR) is 286 cm³/mol. The largest absolute Gasteiger partial charge is 0.496 e. The van der Waals surface area contributed by atoms with Gasteiger partial charge in [0.1, 0.15) is 23.0 Å². The molecule has 2 aliphatic heterocycles. The zero-order valence-electron chi connectivity index (χ0n) is 44.2. The van der Waals surface area contributed by atoms with Gasteiger partial charge in [0.05, 0.1) is 41.7 Å². The van der Waals surface area contributed by atoms with Gasteiger partial charge in [-0.1, -0.05) is 0 Å². The normalized spacial score (nSPS) is 14.1. The number of hydrogen-bond donors (Lipinski definition) is 0. The van der Waals surface area contributed by atoms with Gasteiger partial charge in [-0.15, -0.1) is 0 Å². The maximum absolute atomic E-state index is 7.18. The van der Waals surface area contributed by atoms with Crippen LogP contribution in [0.15, 0.2) is 60.7 Å². The topological polar surface area (TPSA) is 92.3 Å². The molecule has 0 saturated heterocycles. The molecule has 8 rings (SSSR count). The van der Waals surface area contributed by atoms with E-state index in [0.717, 1.165) is 110 Å². The molecule has 370 valence electrons. The number of ether oxygens (including phenoxy) is 10. The highest BCUT2D eigenvalue weighted by Crippen LogP contribution is 2.61. The maximum Gasteiger partial charge on any atom is 0.246 e. The number of hydrogen-bond acceptors (Lipinski definition) is 10. The summed E-state index contributed by atoms with van der Waals surface area (Å²) in [5.41, 5.74) is 9.86. The number of aryl methyl sites for hydroxylation is 8. The third kappa shape index (κ3) is 9.07. The summed E-state index contributed by atoms with van der Waals surface area (Å²) in [4.78, 5) is 0. The summed E-state index contributed by atoms with van der Waals surface area (Å²) in [6.45, 7) is 29.4. The van der Waals surface area contributed by atoms with Crippen molar-refractivity contribution in [1.82, 2.24) is 0 Å². The van der Waals surface area contributed by atoms with Crippen LogP contribution < -0.4 is 79.2 Å². The lowest BCUT2D eigenvalue weighted by Gasteiger charge is -2.30. The molecule has 0 aromatic heterocycles. The second-order valence-electron chi connectivity index (χ2n) is 19.1. The minimum Gasteiger partial charge on any atom is -0.496 e. The van der Waals surface area contributed by atoms with E-state index in [9.17, 15) is 0 Å². The van der Waals surface area contributed by atoms with Crippen LogP contribution in [0.25, 0.3) is 11.1 Å². The van der Waals surface area contributed by atoms with Gasteiger partial charge < -0.3 is 47.4 Å². The van der Waals surface area contributed by atoms with Gasteiger partial charge in [0.2, 0.25) is 23.1 Å². The van der Waals surface area contributed by atoms with E-state index in [1.54, 1.807) is 28.4 Å². The van der Waals surface area contributed by atoms with E-state index in [0.29, 0.717) is 47.7 Å². The van der Waals surface area contributed by atoms with Crippen LogP contribution in [0.1, 0.15) is 86.1 Å². The molecular formula is C58H68O10P2. The Labute approximate surface area is 417 Å². The SMILES string of the molecule is CCOc1cc(P(c2cc(C)c(OC)c(C)c2)c2cc(C)c(OC)c(C)c2)c(-c2c(P(c3cc(C)c(OC)c(C)c3)c3cc(C)c(OC)c(C)c3)cc(OCC)c3c2OC(C)(C)O3)c2c1OC(C)(C)O2. The Kier molecular flexibility index (Phi) is 14.0. The van der Waals surface area contributed by atoms with Crippen LogP contribution in [-0.2, 0) is 0 Å². The van der Waals surface area contributed by atoms with Gasteiger partial charge in [-0.3, -0.25) is 0 Å². The van der Waals surface area contributed by atoms with E-state index >= 15 is 0 Å². The van der Waals surface area contributed by atoms with Crippen LogP contribution >= 0.6 is 15.8 Å². The second-order valence-corrected chi connectivity index (χ2v) is 23.4. The molecule has 0 N–H and O–H groups in total. The van der Waals surface area contributed by atoms with Crippen LogP contribution in [0.5, 0.6) is 57.5 Å². The van der Waals surface area contributed by atoms with E-state index in [1.165, 1.54) is 0 Å². The molecular weight excluding hydrogens is 919 g/mol. The fraction of sp³-hybridized carbons (Fsp3) is 0.379. The van der Waals surface area contributed by atoms with Crippen LogP contribution in [0.4, 0.5) is 0 Å². The smallest absolute Gasteiger partial charge is 0.246 e. The summed E-state index contributed by atoms with van der Waals surface area (Å²) in [6, 6.07) is 22.4. The summed E-state index contributed by atoms with van der Waals surface area (Å²) in [6.07, 6.45) is 0. The van der Waals surface area contributed by atoms with Gasteiger partial charge in [0.15, 0.2) is 23.0 Å². The molecule has 2 aliphatic rings. The third-order valence-electron chi connectivity index (χ3n) is 12.7. The first-order valence-corrected chi connectivity index (χ1v) is 26.5. The molecule has 6 aromatic rings. The number of benzene rings is 6. The molecule has 0 aliphatic carbocycles. The molecule has 0 saturated carbocycles. The monoisotopic (exact) mass is 986 g/mol. The van der Waals surface area contributed by atoms with Gasteiger partial charge in [-0.2, -0.15) is 0 Å². The van der Waals surface area contributed by atoms with Crippen LogP contribution in [0.3, 0.4) is 0 Å². The Morgan fingerprint density at radius 2 is 0.600 bits per heavy atom. The lowest BCUT2D eigenvalue weighted by Crippen LogP contribution is -2.31. The molecule has 10 nitrogen and oxygen atoms in total. The van der Waals surface area contributed by atoms with Crippen molar-refractivity contribution < 1.29 is 47.4 Å². The maximum atomic E-state index is 7.18. The fourth-order valence-corrected chi connectivity index (χ4v) is 16.0. The first kappa shape index (κ1) is 50.6. The standard InChI is InChI=1S/C58H68O10P2/c1-19-63-43-29-45(69(39-21-31(3)49(59-15)32(4)22-39)40-23-33(5)50(60-16)34(6)24-40)47(55-53(43)65-57(11,12)67-55)48-46(30-44(64-20-2)54-56(48)68-58(13,14)66-54)70(41-25-35(7)51(61-17)36(8)26-41)42-27-37(9)52(62-18)38(10)28-42/h21-30H,19-20H2,1-18H3. The fourth-order valence-electron chi connectivity index (χ4n) is 10.3. The Balaban J connectivity index is 1.63. The summed E-state index contributed by atoms with van der Waals surface area (Å²) >= 11 is 0. The highest BCUT2D eigenvalue weighted by molar-refractivity contribution is 7.81. The lowest BCUT2D eigenvalue weighted by molar-refractivity contribution is -0.0450.